The summed E-state index contributed by atoms with van der Waals surface area (Å²) in [6.07, 6.45) is 7.12. The van der Waals surface area contributed by atoms with Gasteiger partial charge in [0.2, 0.25) is 0 Å². The summed E-state index contributed by atoms with van der Waals surface area (Å²) in [6, 6.07) is 2.65. The molecule has 0 unspecified atom stereocenters. The maximum Gasteiger partial charge on any atom is 0.0947 e. The molecular formula is C15H24N2O2. The average Bonchev–Trinajstić information content (AvgIpc) is 3.03. The highest BCUT2D eigenvalue weighted by molar-refractivity contribution is 5.06. The first-order valence-electron chi connectivity index (χ1n) is 7.21. The molecule has 1 atom stereocenters. The molecule has 3 rings (SSSR count). The summed E-state index contributed by atoms with van der Waals surface area (Å²) in [7, 11) is 4.31. The summed E-state index contributed by atoms with van der Waals surface area (Å²) in [5, 5.41) is 0. The monoisotopic (exact) mass is 264 g/mol. The predicted octanol–water partition coefficient (Wildman–Crippen LogP) is 1.96. The van der Waals surface area contributed by atoms with E-state index in [0.717, 1.165) is 39.1 Å². The number of piperidine rings is 1. The summed E-state index contributed by atoms with van der Waals surface area (Å²) < 4.78 is 11.3. The van der Waals surface area contributed by atoms with Crippen LogP contribution in [-0.4, -0.2) is 55.2 Å². The molecule has 4 nitrogen and oxygen atoms in total. The van der Waals surface area contributed by atoms with Crippen LogP contribution in [0.4, 0.5) is 0 Å². The fourth-order valence-electron chi connectivity index (χ4n) is 3.26. The van der Waals surface area contributed by atoms with E-state index in [4.69, 9.17) is 9.15 Å². The first kappa shape index (κ1) is 13.2. The Balaban J connectivity index is 1.52. The molecule has 3 heterocycles. The number of likely N-dealkylation sites (tertiary alicyclic amines) is 1. The molecule has 1 aromatic rings. The minimum Gasteiger partial charge on any atom is -0.472 e. The molecule has 0 bridgehead atoms. The van der Waals surface area contributed by atoms with Crippen LogP contribution in [0.2, 0.25) is 0 Å². The molecule has 4 heteroatoms. The third kappa shape index (κ3) is 2.86. The van der Waals surface area contributed by atoms with Crippen LogP contribution in [0.25, 0.3) is 0 Å². The molecule has 106 valence electrons. The predicted molar refractivity (Wildman–Crippen MR) is 74.0 cm³/mol. The number of hydrogen-bond acceptors (Lipinski definition) is 4. The van der Waals surface area contributed by atoms with E-state index in [9.17, 15) is 0 Å². The third-order valence-electron chi connectivity index (χ3n) is 4.67. The minimum absolute atomic E-state index is 0.155. The quantitative estimate of drug-likeness (QED) is 0.834. The Bertz CT molecular complexity index is 394. The lowest BCUT2D eigenvalue weighted by atomic mass is 9.87. The van der Waals surface area contributed by atoms with Crippen LogP contribution < -0.4 is 0 Å². The van der Waals surface area contributed by atoms with Crippen molar-refractivity contribution in [2.45, 2.75) is 37.5 Å². The van der Waals surface area contributed by atoms with Gasteiger partial charge in [-0.25, -0.2) is 0 Å². The minimum atomic E-state index is 0.155. The van der Waals surface area contributed by atoms with Crippen LogP contribution in [0.15, 0.2) is 23.0 Å². The highest BCUT2D eigenvalue weighted by Gasteiger charge is 2.43. The van der Waals surface area contributed by atoms with Crippen LogP contribution in [0.1, 0.15) is 24.8 Å². The highest BCUT2D eigenvalue weighted by Crippen LogP contribution is 2.37. The van der Waals surface area contributed by atoms with Crippen LogP contribution >= 0.6 is 0 Å². The van der Waals surface area contributed by atoms with Gasteiger partial charge in [0.15, 0.2) is 0 Å². The zero-order valence-corrected chi connectivity index (χ0v) is 12.0. The van der Waals surface area contributed by atoms with Gasteiger partial charge in [-0.05, 0) is 39.4 Å². The second kappa shape index (κ2) is 5.27. The van der Waals surface area contributed by atoms with Crippen molar-refractivity contribution in [2.24, 2.45) is 0 Å². The van der Waals surface area contributed by atoms with E-state index in [2.05, 4.69) is 30.0 Å². The van der Waals surface area contributed by atoms with E-state index < -0.39 is 0 Å². The second-order valence-corrected chi connectivity index (χ2v) is 6.22. The van der Waals surface area contributed by atoms with E-state index in [1.165, 1.54) is 12.0 Å². The normalized spacial score (nSPS) is 27.4. The van der Waals surface area contributed by atoms with Gasteiger partial charge in [-0.1, -0.05) is 0 Å². The van der Waals surface area contributed by atoms with Crippen LogP contribution in [0.5, 0.6) is 0 Å². The molecule has 0 saturated carbocycles. The number of hydrogen-bond donors (Lipinski definition) is 0. The molecule has 2 fully saturated rings. The largest absolute Gasteiger partial charge is 0.472 e. The summed E-state index contributed by atoms with van der Waals surface area (Å²) >= 11 is 0. The maximum absolute atomic E-state index is 6.15. The molecule has 1 aromatic heterocycles. The Morgan fingerprint density at radius 3 is 2.74 bits per heavy atom. The van der Waals surface area contributed by atoms with E-state index in [1.54, 1.807) is 6.26 Å². The van der Waals surface area contributed by atoms with Gasteiger partial charge < -0.3 is 14.1 Å². The summed E-state index contributed by atoms with van der Waals surface area (Å²) in [5.41, 5.74) is 1.43. The molecule has 2 aliphatic rings. The Kier molecular flexibility index (Phi) is 3.65. The van der Waals surface area contributed by atoms with Gasteiger partial charge in [0.05, 0.1) is 24.7 Å². The lowest BCUT2D eigenvalue weighted by Crippen LogP contribution is -2.44. The van der Waals surface area contributed by atoms with Gasteiger partial charge in [0.1, 0.15) is 0 Å². The van der Waals surface area contributed by atoms with Gasteiger partial charge >= 0.3 is 0 Å². The highest BCUT2D eigenvalue weighted by atomic mass is 16.5. The van der Waals surface area contributed by atoms with E-state index >= 15 is 0 Å². The fraction of sp³-hybridized carbons (Fsp3) is 0.733. The zero-order valence-electron chi connectivity index (χ0n) is 12.0. The molecule has 0 radical (unpaired) electrons. The number of ether oxygens (including phenoxy) is 1. The molecule has 2 aliphatic heterocycles. The van der Waals surface area contributed by atoms with Crippen LogP contribution in [0, 0.1) is 0 Å². The SMILES string of the molecule is CN(C)[C@@H]1COC2(CCN(Cc3ccoc3)CC2)C1. The Labute approximate surface area is 115 Å². The molecule has 1 spiro atoms. The lowest BCUT2D eigenvalue weighted by Gasteiger charge is -2.38. The van der Waals surface area contributed by atoms with Crippen molar-refractivity contribution in [2.75, 3.05) is 33.8 Å². The van der Waals surface area contributed by atoms with Crippen molar-refractivity contribution in [1.29, 1.82) is 0 Å². The average molecular weight is 264 g/mol. The van der Waals surface area contributed by atoms with Crippen molar-refractivity contribution in [3.8, 4) is 0 Å². The third-order valence-corrected chi connectivity index (χ3v) is 4.67. The summed E-state index contributed by atoms with van der Waals surface area (Å²) in [4.78, 5) is 4.80. The van der Waals surface area contributed by atoms with Crippen molar-refractivity contribution in [1.82, 2.24) is 9.80 Å². The van der Waals surface area contributed by atoms with Crippen LogP contribution in [-0.2, 0) is 11.3 Å². The van der Waals surface area contributed by atoms with Gasteiger partial charge in [0.25, 0.3) is 0 Å². The second-order valence-electron chi connectivity index (χ2n) is 6.22. The molecule has 19 heavy (non-hydrogen) atoms. The standard InChI is InChI=1S/C15H24N2O2/c1-16(2)14-9-15(19-12-14)4-6-17(7-5-15)10-13-3-8-18-11-13/h3,8,11,14H,4-7,9-10,12H2,1-2H3/t14-/m0/s1. The Hall–Kier alpha value is -0.840. The van der Waals surface area contributed by atoms with Crippen molar-refractivity contribution in [3.05, 3.63) is 24.2 Å². The number of furan rings is 1. The summed E-state index contributed by atoms with van der Waals surface area (Å²) in [6.45, 7) is 4.16. The van der Waals surface area contributed by atoms with Gasteiger partial charge in [-0.3, -0.25) is 4.90 Å². The van der Waals surface area contributed by atoms with E-state index in [-0.39, 0.29) is 5.60 Å². The zero-order chi connectivity index (χ0) is 13.3. The van der Waals surface area contributed by atoms with Crippen molar-refractivity contribution in [3.63, 3.8) is 0 Å². The van der Waals surface area contributed by atoms with Crippen molar-refractivity contribution < 1.29 is 9.15 Å². The molecule has 0 N–H and O–H groups in total. The fourth-order valence-corrected chi connectivity index (χ4v) is 3.26. The molecule has 2 saturated heterocycles. The molecule has 0 aromatic carbocycles. The van der Waals surface area contributed by atoms with Gasteiger partial charge in [-0.2, -0.15) is 0 Å². The van der Waals surface area contributed by atoms with Gasteiger partial charge in [0, 0.05) is 31.2 Å². The van der Waals surface area contributed by atoms with Gasteiger partial charge in [-0.15, -0.1) is 0 Å². The van der Waals surface area contributed by atoms with E-state index in [0.29, 0.717) is 6.04 Å². The Morgan fingerprint density at radius 2 is 2.16 bits per heavy atom. The number of likely N-dealkylation sites (N-methyl/N-ethyl adjacent to an activating group) is 1. The number of nitrogens with zero attached hydrogens (tertiary/aromatic N) is 2. The first-order chi connectivity index (χ1) is 9.17. The molecule has 0 aliphatic carbocycles. The van der Waals surface area contributed by atoms with Crippen LogP contribution in [0.3, 0.4) is 0 Å². The summed E-state index contributed by atoms with van der Waals surface area (Å²) in [5.74, 6) is 0. The van der Waals surface area contributed by atoms with Crippen molar-refractivity contribution >= 4 is 0 Å². The smallest absolute Gasteiger partial charge is 0.0947 e. The lowest BCUT2D eigenvalue weighted by molar-refractivity contribution is -0.0451. The number of rotatable bonds is 3. The molecular weight excluding hydrogens is 240 g/mol. The topological polar surface area (TPSA) is 28.9 Å². The maximum atomic E-state index is 6.15. The first-order valence-corrected chi connectivity index (χ1v) is 7.21. The molecule has 0 amide bonds. The Morgan fingerprint density at radius 1 is 1.37 bits per heavy atom. The van der Waals surface area contributed by atoms with E-state index in [1.807, 2.05) is 6.26 Å².